The van der Waals surface area contributed by atoms with Crippen molar-refractivity contribution in [3.05, 3.63) is 34.6 Å². The summed E-state index contributed by atoms with van der Waals surface area (Å²) in [6.07, 6.45) is 1.13. The molecule has 1 fully saturated rings. The third kappa shape index (κ3) is 1.96. The molecule has 1 nitrogen and oxygen atoms in total. The van der Waals surface area contributed by atoms with Crippen LogP contribution < -0.4 is 5.32 Å². The largest absolute Gasteiger partial charge is 0.316 e. The van der Waals surface area contributed by atoms with Crippen molar-refractivity contribution in [1.82, 2.24) is 5.32 Å². The Morgan fingerprint density at radius 2 is 2.25 bits per heavy atom. The molecule has 1 aliphatic carbocycles. The lowest BCUT2D eigenvalue weighted by atomic mass is 9.93. The van der Waals surface area contributed by atoms with Crippen LogP contribution in [0.5, 0.6) is 0 Å². The van der Waals surface area contributed by atoms with E-state index < -0.39 is 0 Å². The van der Waals surface area contributed by atoms with Crippen LogP contribution in [-0.4, -0.2) is 13.1 Å². The molecule has 0 saturated heterocycles. The van der Waals surface area contributed by atoms with Crippen molar-refractivity contribution in [2.75, 3.05) is 13.1 Å². The molecule has 1 aromatic rings. The fourth-order valence-electron chi connectivity index (χ4n) is 2.45. The summed E-state index contributed by atoms with van der Waals surface area (Å²) in [6.45, 7) is 6.19. The van der Waals surface area contributed by atoms with Gasteiger partial charge in [-0.3, -0.25) is 0 Å². The summed E-state index contributed by atoms with van der Waals surface area (Å²) in [5.74, 6) is 0.357. The third-order valence-corrected chi connectivity index (χ3v) is 3.92. The minimum absolute atomic E-state index is 0.126. The second-order valence-corrected chi connectivity index (χ2v) is 5.07. The van der Waals surface area contributed by atoms with Crippen molar-refractivity contribution < 1.29 is 4.39 Å². The average Bonchev–Trinajstić information content (AvgIpc) is 2.87. The molecule has 2 atom stereocenters. The van der Waals surface area contributed by atoms with Crippen molar-refractivity contribution in [2.24, 2.45) is 5.92 Å². The molecule has 1 saturated carbocycles. The Hall–Kier alpha value is -0.600. The van der Waals surface area contributed by atoms with Gasteiger partial charge in [0.25, 0.3) is 0 Å². The summed E-state index contributed by atoms with van der Waals surface area (Å²) < 4.78 is 13.0. The zero-order valence-electron chi connectivity index (χ0n) is 9.69. The van der Waals surface area contributed by atoms with Crippen LogP contribution >= 0.6 is 11.6 Å². The van der Waals surface area contributed by atoms with Gasteiger partial charge in [-0.2, -0.15) is 0 Å². The zero-order valence-corrected chi connectivity index (χ0v) is 10.4. The van der Waals surface area contributed by atoms with Gasteiger partial charge in [0.15, 0.2) is 0 Å². The standard InChI is InChI=1S/C13H17ClFN/c1-3-16-8-13(7-9(13)2)11-5-4-10(15)6-12(11)14/h4-6,9,16H,3,7-8H2,1-2H3. The quantitative estimate of drug-likeness (QED) is 0.852. The second-order valence-electron chi connectivity index (χ2n) is 4.67. The monoisotopic (exact) mass is 241 g/mol. The van der Waals surface area contributed by atoms with Crippen molar-refractivity contribution in [2.45, 2.75) is 25.7 Å². The molecule has 0 heterocycles. The maximum Gasteiger partial charge on any atom is 0.124 e. The van der Waals surface area contributed by atoms with Gasteiger partial charge in [-0.1, -0.05) is 31.5 Å². The highest BCUT2D eigenvalue weighted by Crippen LogP contribution is 2.55. The number of nitrogens with one attached hydrogen (secondary N) is 1. The Labute approximate surface area is 101 Å². The molecule has 1 aliphatic rings. The van der Waals surface area contributed by atoms with Gasteiger partial charge < -0.3 is 5.32 Å². The second kappa shape index (κ2) is 4.34. The molecular formula is C13H17ClFN. The Morgan fingerprint density at radius 3 is 2.75 bits per heavy atom. The normalized spacial score (nSPS) is 28.1. The minimum atomic E-state index is -0.263. The number of likely N-dealkylation sites (N-methyl/N-ethyl adjacent to an activating group) is 1. The predicted octanol–water partition coefficient (Wildman–Crippen LogP) is 3.37. The van der Waals surface area contributed by atoms with Crippen LogP contribution in [0.25, 0.3) is 0 Å². The molecule has 0 amide bonds. The molecule has 88 valence electrons. The molecule has 0 spiro atoms. The van der Waals surface area contributed by atoms with E-state index in [2.05, 4.69) is 19.2 Å². The number of halogens is 2. The van der Waals surface area contributed by atoms with Crippen molar-refractivity contribution >= 4 is 11.6 Å². The van der Waals surface area contributed by atoms with Crippen LogP contribution in [-0.2, 0) is 5.41 Å². The Balaban J connectivity index is 2.27. The van der Waals surface area contributed by atoms with Crippen molar-refractivity contribution in [3.8, 4) is 0 Å². The highest BCUT2D eigenvalue weighted by molar-refractivity contribution is 6.31. The van der Waals surface area contributed by atoms with E-state index in [9.17, 15) is 4.39 Å². The summed E-state index contributed by atoms with van der Waals surface area (Å²) in [6, 6.07) is 4.74. The summed E-state index contributed by atoms with van der Waals surface area (Å²) in [4.78, 5) is 0. The van der Waals surface area contributed by atoms with Gasteiger partial charge in [0.1, 0.15) is 5.82 Å². The molecule has 16 heavy (non-hydrogen) atoms. The molecular weight excluding hydrogens is 225 g/mol. The highest BCUT2D eigenvalue weighted by Gasteiger charge is 2.52. The first-order valence-electron chi connectivity index (χ1n) is 5.76. The highest BCUT2D eigenvalue weighted by atomic mass is 35.5. The van der Waals surface area contributed by atoms with E-state index >= 15 is 0 Å². The van der Waals surface area contributed by atoms with Gasteiger partial charge in [-0.05, 0) is 36.6 Å². The van der Waals surface area contributed by atoms with Gasteiger partial charge in [-0.15, -0.1) is 0 Å². The fraction of sp³-hybridized carbons (Fsp3) is 0.538. The first-order valence-corrected chi connectivity index (χ1v) is 6.14. The van der Waals surface area contributed by atoms with Crippen LogP contribution in [0, 0.1) is 11.7 Å². The van der Waals surface area contributed by atoms with Gasteiger partial charge >= 0.3 is 0 Å². The fourth-order valence-corrected chi connectivity index (χ4v) is 2.80. The van der Waals surface area contributed by atoms with E-state index in [0.717, 1.165) is 25.1 Å². The maximum atomic E-state index is 13.0. The molecule has 1 aromatic carbocycles. The van der Waals surface area contributed by atoms with E-state index in [1.165, 1.54) is 12.1 Å². The number of rotatable bonds is 4. The van der Waals surface area contributed by atoms with Crippen LogP contribution in [0.3, 0.4) is 0 Å². The first kappa shape index (κ1) is 11.9. The molecule has 2 unspecified atom stereocenters. The van der Waals surface area contributed by atoms with Crippen LogP contribution in [0.1, 0.15) is 25.8 Å². The molecule has 0 aliphatic heterocycles. The minimum Gasteiger partial charge on any atom is -0.316 e. The smallest absolute Gasteiger partial charge is 0.124 e. The van der Waals surface area contributed by atoms with Gasteiger partial charge in [0.05, 0.1) is 0 Å². The zero-order chi connectivity index (χ0) is 11.8. The number of hydrogen-bond donors (Lipinski definition) is 1. The predicted molar refractivity (Wildman–Crippen MR) is 65.4 cm³/mol. The summed E-state index contributed by atoms with van der Waals surface area (Å²) >= 11 is 6.13. The molecule has 0 radical (unpaired) electrons. The van der Waals surface area contributed by atoms with E-state index in [0.29, 0.717) is 10.9 Å². The number of hydrogen-bond acceptors (Lipinski definition) is 1. The average molecular weight is 242 g/mol. The van der Waals surface area contributed by atoms with Gasteiger partial charge in [0, 0.05) is 17.0 Å². The van der Waals surface area contributed by atoms with Crippen molar-refractivity contribution in [3.63, 3.8) is 0 Å². The summed E-state index contributed by atoms with van der Waals surface area (Å²) in [5.41, 5.74) is 1.21. The Bertz CT molecular complexity index is 394. The third-order valence-electron chi connectivity index (χ3n) is 3.61. The number of benzene rings is 1. The van der Waals surface area contributed by atoms with Gasteiger partial charge in [-0.25, -0.2) is 4.39 Å². The van der Waals surface area contributed by atoms with Crippen LogP contribution in [0.2, 0.25) is 5.02 Å². The Kier molecular flexibility index (Phi) is 3.22. The molecule has 0 aromatic heterocycles. The summed E-state index contributed by atoms with van der Waals surface area (Å²) in [7, 11) is 0. The lowest BCUT2D eigenvalue weighted by Gasteiger charge is -2.19. The topological polar surface area (TPSA) is 12.0 Å². The molecule has 0 bridgehead atoms. The molecule has 1 N–H and O–H groups in total. The first-order chi connectivity index (χ1) is 7.60. The lowest BCUT2D eigenvalue weighted by molar-refractivity contribution is 0.553. The SMILES string of the molecule is CCNCC1(c2ccc(F)cc2Cl)CC1C. The van der Waals surface area contributed by atoms with E-state index in [4.69, 9.17) is 11.6 Å². The van der Waals surface area contributed by atoms with E-state index in [1.54, 1.807) is 0 Å². The van der Waals surface area contributed by atoms with Gasteiger partial charge in [0.2, 0.25) is 0 Å². The van der Waals surface area contributed by atoms with E-state index in [-0.39, 0.29) is 11.2 Å². The molecule has 2 rings (SSSR count). The van der Waals surface area contributed by atoms with Crippen LogP contribution in [0.4, 0.5) is 4.39 Å². The molecule has 3 heteroatoms. The Morgan fingerprint density at radius 1 is 1.56 bits per heavy atom. The lowest BCUT2D eigenvalue weighted by Crippen LogP contribution is -2.28. The van der Waals surface area contributed by atoms with Crippen LogP contribution in [0.15, 0.2) is 18.2 Å². The van der Waals surface area contributed by atoms with Crippen molar-refractivity contribution in [1.29, 1.82) is 0 Å². The maximum absolute atomic E-state index is 13.0. The summed E-state index contributed by atoms with van der Waals surface area (Å²) in [5, 5.41) is 3.93. The van der Waals surface area contributed by atoms with E-state index in [1.807, 2.05) is 6.07 Å².